The lowest BCUT2D eigenvalue weighted by Gasteiger charge is -2.71. The van der Waals surface area contributed by atoms with Crippen LogP contribution in [0.5, 0.6) is 0 Å². The van der Waals surface area contributed by atoms with E-state index in [1.165, 1.54) is 12.5 Å². The fraction of sp³-hybridized carbons (Fsp3) is 0.953. The van der Waals surface area contributed by atoms with E-state index in [4.69, 9.17) is 56.8 Å². The third-order valence-electron chi connectivity index (χ3n) is 24.8. The molecule has 6 saturated heterocycles. The van der Waals surface area contributed by atoms with Gasteiger partial charge in [-0.15, -0.1) is 0 Å². The van der Waals surface area contributed by atoms with Crippen molar-refractivity contribution in [3.8, 4) is 0 Å². The lowest BCUT2D eigenvalue weighted by atomic mass is 9.33. The van der Waals surface area contributed by atoms with Crippen LogP contribution in [0.15, 0.2) is 11.6 Å². The molecule has 30 nitrogen and oxygen atoms in total. The highest BCUT2D eigenvalue weighted by Crippen LogP contribution is 2.76. The number of carbonyl (C=O) groups excluding carboxylic acids is 1. The number of rotatable bonds is 15. The standard InChI is InChI=1S/C64H104O30/c1-25-36(68)42(74)47(79)53(87-25)92-50-38(70)29(67)22-84-57(50)91-35-12-13-61(6)33(60(35,4)5)11-14-63(8)34(61)10-9-26-27-19-59(2,3)15-17-64(27,18-16-62(26,63)7)58(82)94-55-49(81)44(76)40(72)31(89-55)24-86-56-51(93-54-48(80)43(75)39(71)30(20-65)88-54)45(77)41(73)32(90-56)23-85-52-46(78)37(69)28(66)21-83-52/h9,25,27-57,65-81H,10-24H2,1-8H3. The lowest BCUT2D eigenvalue weighted by Crippen LogP contribution is -2.66. The molecule has 36 atom stereocenters. The Labute approximate surface area is 545 Å². The number of aliphatic hydroxyl groups excluding tert-OH is 17. The summed E-state index contributed by atoms with van der Waals surface area (Å²) < 4.78 is 71.5. The number of aliphatic hydroxyl groups is 17. The maximum atomic E-state index is 15.5. The molecule has 30 heteroatoms. The third kappa shape index (κ3) is 12.7. The van der Waals surface area contributed by atoms with Crippen LogP contribution in [-0.2, 0) is 61.6 Å². The summed E-state index contributed by atoms with van der Waals surface area (Å²) in [5, 5.41) is 184. The number of hydrogen-bond acceptors (Lipinski definition) is 30. The maximum Gasteiger partial charge on any atom is 0.315 e. The van der Waals surface area contributed by atoms with Crippen LogP contribution >= 0.6 is 0 Å². The molecule has 17 N–H and O–H groups in total. The number of carbonyl (C=O) groups is 1. The van der Waals surface area contributed by atoms with E-state index in [9.17, 15) is 86.8 Å². The second-order valence-corrected chi connectivity index (χ2v) is 31.1. The first-order valence-corrected chi connectivity index (χ1v) is 33.5. The van der Waals surface area contributed by atoms with Gasteiger partial charge in [0.1, 0.15) is 128 Å². The highest BCUT2D eigenvalue weighted by molar-refractivity contribution is 5.79. The summed E-state index contributed by atoms with van der Waals surface area (Å²) in [6.45, 7) is 14.4. The number of allylic oxidation sites excluding steroid dienone is 2. The summed E-state index contributed by atoms with van der Waals surface area (Å²) in [4.78, 5) is 15.5. The minimum atomic E-state index is -2.03. The van der Waals surface area contributed by atoms with Gasteiger partial charge < -0.3 is 144 Å². The van der Waals surface area contributed by atoms with Gasteiger partial charge >= 0.3 is 5.97 Å². The minimum Gasteiger partial charge on any atom is -0.432 e. The summed E-state index contributed by atoms with van der Waals surface area (Å²) in [6.07, 6.45) is -38.1. The lowest BCUT2D eigenvalue weighted by molar-refractivity contribution is -0.376. The van der Waals surface area contributed by atoms with E-state index in [1.807, 2.05) is 0 Å². The van der Waals surface area contributed by atoms with Gasteiger partial charge in [0.05, 0.1) is 50.7 Å². The molecule has 11 aliphatic rings. The zero-order valence-corrected chi connectivity index (χ0v) is 54.6. The molecule has 36 unspecified atom stereocenters. The van der Waals surface area contributed by atoms with Gasteiger partial charge in [-0.1, -0.05) is 60.1 Å². The SMILES string of the molecule is CC1OC(OC2C(OC3CCC4(C)C(CCC5(C)C4CC=C4C6CC(C)(C)CCC6(C(=O)OC6OC(COC7OC(COC8OCC(O)C(O)C8O)C(O)C(O)C7OC7OC(CO)C(O)C(O)C7O)C(O)C(O)C6O)CCC45C)C3(C)C)OCC(O)C2O)C(O)C(O)C1O. The second-order valence-electron chi connectivity index (χ2n) is 31.1. The van der Waals surface area contributed by atoms with E-state index in [1.54, 1.807) is 0 Å². The topological polar surface area (TPSA) is 472 Å². The molecule has 0 spiro atoms. The predicted octanol–water partition coefficient (Wildman–Crippen LogP) is -4.08. The Morgan fingerprint density at radius 2 is 1.02 bits per heavy atom. The zero-order valence-electron chi connectivity index (χ0n) is 54.6. The van der Waals surface area contributed by atoms with Gasteiger partial charge in [-0.2, -0.15) is 0 Å². The van der Waals surface area contributed by atoms with Gasteiger partial charge in [-0.05, 0) is 116 Å². The van der Waals surface area contributed by atoms with Crippen molar-refractivity contribution >= 4 is 5.97 Å². The van der Waals surface area contributed by atoms with Crippen molar-refractivity contribution in [2.24, 2.45) is 50.2 Å². The molecule has 0 aromatic rings. The number of ether oxygens (including phenoxy) is 12. The summed E-state index contributed by atoms with van der Waals surface area (Å²) in [6, 6.07) is 0. The van der Waals surface area contributed by atoms with Crippen LogP contribution < -0.4 is 0 Å². The molecule has 11 rings (SSSR count). The van der Waals surface area contributed by atoms with E-state index < -0.39 is 227 Å². The Bertz CT molecular complexity index is 2640. The Morgan fingerprint density at radius 3 is 1.67 bits per heavy atom. The first kappa shape index (κ1) is 73.3. The van der Waals surface area contributed by atoms with Crippen LogP contribution in [0.4, 0.5) is 0 Å². The summed E-state index contributed by atoms with van der Waals surface area (Å²) in [7, 11) is 0. The molecule has 4 saturated carbocycles. The van der Waals surface area contributed by atoms with E-state index >= 15 is 4.79 Å². The van der Waals surface area contributed by atoms with Crippen LogP contribution in [0.3, 0.4) is 0 Å². The van der Waals surface area contributed by atoms with Crippen LogP contribution in [0, 0.1) is 50.2 Å². The monoisotopic (exact) mass is 1350 g/mol. The minimum absolute atomic E-state index is 0.134. The zero-order chi connectivity index (χ0) is 68.4. The van der Waals surface area contributed by atoms with Gasteiger partial charge in [0.25, 0.3) is 0 Å². The van der Waals surface area contributed by atoms with Crippen LogP contribution in [-0.4, -0.2) is 304 Å². The Kier molecular flexibility index (Phi) is 21.4. The Morgan fingerprint density at radius 1 is 0.500 bits per heavy atom. The molecule has 94 heavy (non-hydrogen) atoms. The van der Waals surface area contributed by atoms with E-state index in [-0.39, 0.29) is 40.6 Å². The molecular formula is C64H104O30. The molecule has 0 aromatic heterocycles. The number of hydrogen-bond donors (Lipinski definition) is 17. The van der Waals surface area contributed by atoms with E-state index in [0.717, 1.165) is 25.7 Å². The third-order valence-corrected chi connectivity index (χ3v) is 24.8. The van der Waals surface area contributed by atoms with Crippen LogP contribution in [0.1, 0.15) is 120 Å². The van der Waals surface area contributed by atoms with Gasteiger partial charge in [0, 0.05) is 0 Å². The first-order valence-electron chi connectivity index (χ1n) is 33.5. The molecule has 6 aliphatic heterocycles. The van der Waals surface area contributed by atoms with Crippen molar-refractivity contribution in [2.45, 2.75) is 298 Å². The second kappa shape index (κ2) is 27.5. The van der Waals surface area contributed by atoms with Crippen LogP contribution in [0.2, 0.25) is 0 Å². The summed E-state index contributed by atoms with van der Waals surface area (Å²) in [5.74, 6) is -0.652. The number of esters is 1. The molecule has 0 radical (unpaired) electrons. The largest absolute Gasteiger partial charge is 0.432 e. The van der Waals surface area contributed by atoms with Crippen molar-refractivity contribution in [3.05, 3.63) is 11.6 Å². The smallest absolute Gasteiger partial charge is 0.315 e. The van der Waals surface area contributed by atoms with Crippen LogP contribution in [0.25, 0.3) is 0 Å². The molecule has 10 fully saturated rings. The van der Waals surface area contributed by atoms with Crippen molar-refractivity contribution < 1.29 is 148 Å². The Hall–Kier alpha value is -1.91. The van der Waals surface area contributed by atoms with E-state index in [0.29, 0.717) is 38.5 Å². The average molecular weight is 1350 g/mol. The molecule has 0 amide bonds. The normalized spacial score (nSPS) is 54.2. The summed E-state index contributed by atoms with van der Waals surface area (Å²) >= 11 is 0. The highest BCUT2D eigenvalue weighted by atomic mass is 16.8. The molecule has 0 bridgehead atoms. The van der Waals surface area contributed by atoms with Gasteiger partial charge in [0.15, 0.2) is 31.5 Å². The molecular weight excluding hydrogens is 1250 g/mol. The fourth-order valence-corrected chi connectivity index (χ4v) is 18.6. The Balaban J connectivity index is 0.795. The van der Waals surface area contributed by atoms with Crippen molar-refractivity contribution in [1.29, 1.82) is 0 Å². The first-order chi connectivity index (χ1) is 44.0. The van der Waals surface area contributed by atoms with Gasteiger partial charge in [0.2, 0.25) is 6.29 Å². The van der Waals surface area contributed by atoms with Crippen molar-refractivity contribution in [3.63, 3.8) is 0 Å². The molecule has 6 heterocycles. The van der Waals surface area contributed by atoms with Gasteiger partial charge in [-0.3, -0.25) is 4.79 Å². The van der Waals surface area contributed by atoms with Crippen molar-refractivity contribution in [2.75, 3.05) is 33.0 Å². The van der Waals surface area contributed by atoms with Crippen molar-refractivity contribution in [1.82, 2.24) is 0 Å². The van der Waals surface area contributed by atoms with Gasteiger partial charge in [-0.25, -0.2) is 0 Å². The molecule has 540 valence electrons. The maximum absolute atomic E-state index is 15.5. The summed E-state index contributed by atoms with van der Waals surface area (Å²) in [5.41, 5.74) is -1.47. The number of fused-ring (bicyclic) bond motifs is 7. The predicted molar refractivity (Wildman–Crippen MR) is 315 cm³/mol. The van der Waals surface area contributed by atoms with E-state index in [2.05, 4.69) is 54.5 Å². The fourth-order valence-electron chi connectivity index (χ4n) is 18.6. The average Bonchev–Trinajstić information content (AvgIpc) is 0.676. The highest BCUT2D eigenvalue weighted by Gasteiger charge is 2.70. The molecule has 0 aromatic carbocycles. The molecule has 5 aliphatic carbocycles. The quantitative estimate of drug-likeness (QED) is 0.0421.